The molecule has 4 nitrogen and oxygen atoms in total. The molecule has 5 heteroatoms. The zero-order valence-electron chi connectivity index (χ0n) is 8.55. The molecule has 80 valence electrons. The van der Waals surface area contributed by atoms with Crippen LogP contribution in [0, 0.1) is 0 Å². The van der Waals surface area contributed by atoms with Crippen LogP contribution in [0.3, 0.4) is 0 Å². The van der Waals surface area contributed by atoms with Crippen molar-refractivity contribution in [3.63, 3.8) is 0 Å². The van der Waals surface area contributed by atoms with Crippen LogP contribution in [0.4, 0.5) is 0 Å². The molecule has 1 rings (SSSR count). The Bertz CT molecular complexity index is 277. The number of aromatic nitrogens is 2. The van der Waals surface area contributed by atoms with Crippen molar-refractivity contribution in [1.29, 1.82) is 0 Å². The van der Waals surface area contributed by atoms with E-state index >= 15 is 0 Å². The largest absolute Gasteiger partial charge is 0.395 e. The molecule has 0 fully saturated rings. The number of nitrogens with two attached hydrogens (primary N) is 1. The molecule has 0 radical (unpaired) electrons. The van der Waals surface area contributed by atoms with Gasteiger partial charge < -0.3 is 10.8 Å². The summed E-state index contributed by atoms with van der Waals surface area (Å²) in [5, 5.41) is 13.5. The minimum atomic E-state index is 0.182. The minimum Gasteiger partial charge on any atom is -0.395 e. The molecule has 14 heavy (non-hydrogen) atoms. The predicted molar refractivity (Wildman–Crippen MR) is 59.1 cm³/mol. The van der Waals surface area contributed by atoms with E-state index in [0.29, 0.717) is 6.54 Å². The SMILES string of the molecule is CC(CO)SC(CN)c1cnn(C)c1. The predicted octanol–water partition coefficient (Wildman–Crippen LogP) is 0.534. The summed E-state index contributed by atoms with van der Waals surface area (Å²) in [6, 6.07) is 0. The molecule has 2 unspecified atom stereocenters. The van der Waals surface area contributed by atoms with Gasteiger partial charge in [-0.2, -0.15) is 5.10 Å². The molecule has 0 aliphatic carbocycles. The second-order valence-electron chi connectivity index (χ2n) is 3.30. The van der Waals surface area contributed by atoms with Crippen LogP contribution >= 0.6 is 11.8 Å². The standard InChI is InChI=1S/C9H17N3OS/c1-7(6-13)14-9(3-10)8-4-11-12(2)5-8/h4-5,7,9,13H,3,6,10H2,1-2H3. The highest BCUT2D eigenvalue weighted by Crippen LogP contribution is 2.30. The van der Waals surface area contributed by atoms with Gasteiger partial charge in [0.1, 0.15) is 0 Å². The molecule has 0 aromatic carbocycles. The van der Waals surface area contributed by atoms with Gasteiger partial charge in [-0.3, -0.25) is 4.68 Å². The topological polar surface area (TPSA) is 64.1 Å². The van der Waals surface area contributed by atoms with Crippen LogP contribution in [-0.2, 0) is 7.05 Å². The number of aryl methyl sites for hydroxylation is 1. The average Bonchev–Trinajstić information content (AvgIpc) is 2.60. The van der Waals surface area contributed by atoms with E-state index < -0.39 is 0 Å². The maximum atomic E-state index is 8.95. The van der Waals surface area contributed by atoms with E-state index in [9.17, 15) is 0 Å². The number of nitrogens with zero attached hydrogens (tertiary/aromatic N) is 2. The average molecular weight is 215 g/mol. The van der Waals surface area contributed by atoms with Crippen LogP contribution in [0.2, 0.25) is 0 Å². The van der Waals surface area contributed by atoms with E-state index in [4.69, 9.17) is 10.8 Å². The van der Waals surface area contributed by atoms with Crippen molar-refractivity contribution in [2.75, 3.05) is 13.2 Å². The quantitative estimate of drug-likeness (QED) is 0.752. The van der Waals surface area contributed by atoms with Gasteiger partial charge in [0.05, 0.1) is 12.8 Å². The van der Waals surface area contributed by atoms with Crippen LogP contribution < -0.4 is 5.73 Å². The van der Waals surface area contributed by atoms with Gasteiger partial charge in [0.25, 0.3) is 0 Å². The van der Waals surface area contributed by atoms with E-state index in [1.807, 2.05) is 26.4 Å². The smallest absolute Gasteiger partial charge is 0.0547 e. The Morgan fingerprint density at radius 1 is 1.71 bits per heavy atom. The van der Waals surface area contributed by atoms with Gasteiger partial charge >= 0.3 is 0 Å². The highest BCUT2D eigenvalue weighted by molar-refractivity contribution is 8.00. The van der Waals surface area contributed by atoms with Crippen LogP contribution in [0.25, 0.3) is 0 Å². The summed E-state index contributed by atoms with van der Waals surface area (Å²) in [7, 11) is 1.89. The molecule has 0 saturated heterocycles. The van der Waals surface area contributed by atoms with Gasteiger partial charge in [-0.1, -0.05) is 6.92 Å². The number of hydrogen-bond donors (Lipinski definition) is 2. The van der Waals surface area contributed by atoms with Crippen molar-refractivity contribution in [3.05, 3.63) is 18.0 Å². The summed E-state index contributed by atoms with van der Waals surface area (Å²) < 4.78 is 1.77. The summed E-state index contributed by atoms with van der Waals surface area (Å²) in [6.45, 7) is 2.74. The van der Waals surface area contributed by atoms with Gasteiger partial charge in [-0.15, -0.1) is 11.8 Å². The van der Waals surface area contributed by atoms with Crippen molar-refractivity contribution in [1.82, 2.24) is 9.78 Å². The molecular formula is C9H17N3OS. The van der Waals surface area contributed by atoms with E-state index in [2.05, 4.69) is 5.10 Å². The Kier molecular flexibility index (Phi) is 4.44. The zero-order chi connectivity index (χ0) is 10.6. The number of aliphatic hydroxyl groups excluding tert-OH is 1. The number of rotatable bonds is 5. The fourth-order valence-electron chi connectivity index (χ4n) is 1.20. The van der Waals surface area contributed by atoms with Crippen LogP contribution in [0.1, 0.15) is 17.7 Å². The first-order valence-electron chi connectivity index (χ1n) is 4.62. The van der Waals surface area contributed by atoms with Crippen LogP contribution in [0.5, 0.6) is 0 Å². The Morgan fingerprint density at radius 2 is 2.43 bits per heavy atom. The molecular weight excluding hydrogens is 198 g/mol. The van der Waals surface area contributed by atoms with E-state index in [0.717, 1.165) is 5.56 Å². The molecule has 1 aromatic heterocycles. The number of thioether (sulfide) groups is 1. The number of hydrogen-bond acceptors (Lipinski definition) is 4. The summed E-state index contributed by atoms with van der Waals surface area (Å²) in [5.74, 6) is 0. The third-order valence-electron chi connectivity index (χ3n) is 1.96. The lowest BCUT2D eigenvalue weighted by Crippen LogP contribution is -2.14. The fourth-order valence-corrected chi connectivity index (χ4v) is 2.24. The first-order chi connectivity index (χ1) is 6.67. The maximum absolute atomic E-state index is 8.95. The van der Waals surface area contributed by atoms with E-state index in [-0.39, 0.29) is 17.1 Å². The molecule has 1 aromatic rings. The molecule has 0 aliphatic heterocycles. The maximum Gasteiger partial charge on any atom is 0.0547 e. The second-order valence-corrected chi connectivity index (χ2v) is 4.95. The Labute approximate surface area is 88.5 Å². The lowest BCUT2D eigenvalue weighted by molar-refractivity contribution is 0.300. The van der Waals surface area contributed by atoms with Gasteiger partial charge in [-0.25, -0.2) is 0 Å². The van der Waals surface area contributed by atoms with Crippen molar-refractivity contribution >= 4 is 11.8 Å². The Morgan fingerprint density at radius 3 is 2.86 bits per heavy atom. The van der Waals surface area contributed by atoms with Crippen molar-refractivity contribution in [2.24, 2.45) is 12.8 Å². The van der Waals surface area contributed by atoms with Gasteiger partial charge in [0.15, 0.2) is 0 Å². The lowest BCUT2D eigenvalue weighted by Gasteiger charge is -2.16. The van der Waals surface area contributed by atoms with Gasteiger partial charge in [0.2, 0.25) is 0 Å². The van der Waals surface area contributed by atoms with E-state index in [1.165, 1.54) is 0 Å². The first kappa shape index (κ1) is 11.6. The molecule has 2 atom stereocenters. The Balaban J connectivity index is 2.62. The highest BCUT2D eigenvalue weighted by atomic mass is 32.2. The molecule has 0 aliphatic rings. The van der Waals surface area contributed by atoms with Gasteiger partial charge in [0, 0.05) is 35.9 Å². The van der Waals surface area contributed by atoms with Crippen molar-refractivity contribution in [3.8, 4) is 0 Å². The molecule has 0 saturated carbocycles. The summed E-state index contributed by atoms with van der Waals surface area (Å²) >= 11 is 1.68. The summed E-state index contributed by atoms with van der Waals surface area (Å²) in [4.78, 5) is 0. The van der Waals surface area contributed by atoms with E-state index in [1.54, 1.807) is 16.4 Å². The normalized spacial score (nSPS) is 15.4. The Hall–Kier alpha value is -0.520. The first-order valence-corrected chi connectivity index (χ1v) is 5.56. The van der Waals surface area contributed by atoms with Crippen molar-refractivity contribution < 1.29 is 5.11 Å². The molecule has 3 N–H and O–H groups in total. The fraction of sp³-hybridized carbons (Fsp3) is 0.667. The lowest BCUT2D eigenvalue weighted by atomic mass is 10.2. The number of aliphatic hydroxyl groups is 1. The van der Waals surface area contributed by atoms with Gasteiger partial charge in [-0.05, 0) is 0 Å². The van der Waals surface area contributed by atoms with Crippen LogP contribution in [0.15, 0.2) is 12.4 Å². The third kappa shape index (κ3) is 3.01. The summed E-state index contributed by atoms with van der Waals surface area (Å²) in [6.07, 6.45) is 3.79. The van der Waals surface area contributed by atoms with Crippen molar-refractivity contribution in [2.45, 2.75) is 17.4 Å². The third-order valence-corrected chi connectivity index (χ3v) is 3.37. The second kappa shape index (κ2) is 5.38. The minimum absolute atomic E-state index is 0.182. The van der Waals surface area contributed by atoms with Crippen LogP contribution in [-0.4, -0.2) is 33.3 Å². The molecule has 1 heterocycles. The monoisotopic (exact) mass is 215 g/mol. The summed E-state index contributed by atoms with van der Waals surface area (Å²) in [5.41, 5.74) is 6.80. The highest BCUT2D eigenvalue weighted by Gasteiger charge is 2.15. The zero-order valence-corrected chi connectivity index (χ0v) is 9.37. The molecule has 0 spiro atoms. The molecule has 0 bridgehead atoms. The molecule has 0 amide bonds.